The summed E-state index contributed by atoms with van der Waals surface area (Å²) in [5.41, 5.74) is 3.85. The van der Waals surface area contributed by atoms with Gasteiger partial charge in [0.1, 0.15) is 6.04 Å². The van der Waals surface area contributed by atoms with E-state index >= 15 is 0 Å². The van der Waals surface area contributed by atoms with Crippen molar-refractivity contribution < 1.29 is 19.6 Å². The Hall–Kier alpha value is -5.22. The number of hydrogen-bond donors (Lipinski definition) is 3. The highest BCUT2D eigenvalue weighted by atomic mass is 35.5. The first-order chi connectivity index (χ1) is 19.3. The topological polar surface area (TPSA) is 143 Å². The molecule has 11 heteroatoms. The van der Waals surface area contributed by atoms with Gasteiger partial charge >= 0.3 is 5.97 Å². The number of nitro groups is 1. The maximum atomic E-state index is 12.8. The zero-order chi connectivity index (χ0) is 28.2. The molecule has 0 fully saturated rings. The maximum Gasteiger partial charge on any atom is 0.326 e. The fraction of sp³-hybridized carbons (Fsp3) is 0.0690. The molecule has 0 bridgehead atoms. The highest BCUT2D eigenvalue weighted by Crippen LogP contribution is 2.27. The Morgan fingerprint density at radius 3 is 2.62 bits per heavy atom. The van der Waals surface area contributed by atoms with Crippen LogP contribution in [0.25, 0.3) is 33.9 Å². The first-order valence-electron chi connectivity index (χ1n) is 12.2. The molecule has 0 aliphatic carbocycles. The van der Waals surface area contributed by atoms with Gasteiger partial charge in [-0.05, 0) is 48.0 Å². The van der Waals surface area contributed by atoms with Gasteiger partial charge in [-0.15, -0.1) is 0 Å². The first-order valence-corrected chi connectivity index (χ1v) is 12.5. The quantitative estimate of drug-likeness (QED) is 0.126. The van der Waals surface area contributed by atoms with E-state index in [-0.39, 0.29) is 12.1 Å². The number of H-pyrrole nitrogens is 1. The molecule has 0 unspecified atom stereocenters. The molecule has 10 nitrogen and oxygen atoms in total. The number of rotatable bonds is 9. The molecule has 0 radical (unpaired) electrons. The molecule has 0 aliphatic rings. The lowest BCUT2D eigenvalue weighted by molar-refractivity contribution is -0.384. The van der Waals surface area contributed by atoms with E-state index in [0.29, 0.717) is 27.5 Å². The number of fused-ring (bicyclic) bond motifs is 1. The molecule has 0 aliphatic heterocycles. The van der Waals surface area contributed by atoms with Gasteiger partial charge in [-0.25, -0.2) is 9.48 Å². The summed E-state index contributed by atoms with van der Waals surface area (Å²) in [6.07, 6.45) is 6.28. The Balaban J connectivity index is 1.41. The molecule has 0 saturated carbocycles. The van der Waals surface area contributed by atoms with Gasteiger partial charge in [-0.3, -0.25) is 14.9 Å². The molecular weight excluding hydrogens is 534 g/mol. The minimum Gasteiger partial charge on any atom is -0.480 e. The second kappa shape index (κ2) is 11.3. The Labute approximate surface area is 232 Å². The predicted molar refractivity (Wildman–Crippen MR) is 151 cm³/mol. The Morgan fingerprint density at radius 1 is 1.12 bits per heavy atom. The zero-order valence-corrected chi connectivity index (χ0v) is 21.6. The molecule has 1 amide bonds. The summed E-state index contributed by atoms with van der Waals surface area (Å²) in [7, 11) is 0. The van der Waals surface area contributed by atoms with E-state index in [1.807, 2.05) is 24.3 Å². The number of carbonyl (C=O) groups excluding carboxylic acids is 1. The van der Waals surface area contributed by atoms with Crippen molar-refractivity contribution in [2.75, 3.05) is 0 Å². The van der Waals surface area contributed by atoms with Crippen molar-refractivity contribution in [3.05, 3.63) is 118 Å². The standard InChI is InChI=1S/C29H22ClN5O5/c30-21-4-3-5-23(15-21)34-17-19(28(33-34)18-8-11-22(12-9-18)35(39)40)10-13-27(36)32-26(29(37)38)14-20-16-31-25-7-2-1-6-24(20)25/h1-13,15-17,26,31H,14H2,(H,32,36)(H,37,38)/b13-10-/t26-/m0/s1. The van der Waals surface area contributed by atoms with Crippen molar-refractivity contribution in [3.63, 3.8) is 0 Å². The van der Waals surface area contributed by atoms with Gasteiger partial charge in [0.05, 0.1) is 16.3 Å². The predicted octanol–water partition coefficient (Wildman–Crippen LogP) is 5.41. The van der Waals surface area contributed by atoms with Crippen LogP contribution in [0, 0.1) is 10.1 Å². The van der Waals surface area contributed by atoms with E-state index < -0.39 is 22.8 Å². The van der Waals surface area contributed by atoms with Gasteiger partial charge in [0.2, 0.25) is 5.91 Å². The summed E-state index contributed by atoms with van der Waals surface area (Å²) < 4.78 is 1.58. The second-order valence-corrected chi connectivity index (χ2v) is 9.39. The van der Waals surface area contributed by atoms with E-state index in [1.165, 1.54) is 24.3 Å². The number of carbonyl (C=O) groups is 2. The van der Waals surface area contributed by atoms with Gasteiger partial charge in [0, 0.05) is 64.1 Å². The summed E-state index contributed by atoms with van der Waals surface area (Å²) in [6, 6.07) is 19.3. The number of halogens is 1. The number of aromatic amines is 1. The molecular formula is C29H22ClN5O5. The normalized spacial score (nSPS) is 12.0. The van der Waals surface area contributed by atoms with Crippen molar-refractivity contribution in [2.45, 2.75) is 12.5 Å². The summed E-state index contributed by atoms with van der Waals surface area (Å²) in [5, 5.41) is 29.4. The lowest BCUT2D eigenvalue weighted by atomic mass is 10.0. The van der Waals surface area contributed by atoms with Crippen LogP contribution in [-0.4, -0.2) is 42.7 Å². The lowest BCUT2D eigenvalue weighted by Crippen LogP contribution is -2.41. The second-order valence-electron chi connectivity index (χ2n) is 8.96. The number of aromatic nitrogens is 3. The molecule has 0 saturated heterocycles. The third-order valence-corrected chi connectivity index (χ3v) is 6.53. The number of nitrogens with zero attached hydrogens (tertiary/aromatic N) is 3. The largest absolute Gasteiger partial charge is 0.480 e. The number of non-ortho nitro benzene ring substituents is 1. The molecule has 3 N–H and O–H groups in total. The van der Waals surface area contributed by atoms with Gasteiger partial charge in [0.15, 0.2) is 0 Å². The molecule has 3 aromatic carbocycles. The summed E-state index contributed by atoms with van der Waals surface area (Å²) in [5.74, 6) is -1.76. The van der Waals surface area contributed by atoms with Gasteiger partial charge in [0.25, 0.3) is 5.69 Å². The Bertz CT molecular complexity index is 1760. The number of nitro benzene ring substituents is 1. The van der Waals surface area contributed by atoms with E-state index in [9.17, 15) is 24.8 Å². The van der Waals surface area contributed by atoms with E-state index in [1.54, 1.807) is 53.5 Å². The molecule has 5 aromatic rings. The number of nitrogens with one attached hydrogen (secondary N) is 2. The number of benzene rings is 3. The first kappa shape index (κ1) is 26.4. The molecule has 2 aromatic heterocycles. The van der Waals surface area contributed by atoms with Crippen LogP contribution in [0.5, 0.6) is 0 Å². The molecule has 40 heavy (non-hydrogen) atoms. The van der Waals surface area contributed by atoms with Crippen LogP contribution in [0.3, 0.4) is 0 Å². The van der Waals surface area contributed by atoms with E-state index in [4.69, 9.17) is 11.6 Å². The fourth-order valence-electron chi connectivity index (χ4n) is 4.33. The third-order valence-electron chi connectivity index (χ3n) is 6.29. The summed E-state index contributed by atoms with van der Waals surface area (Å²) in [4.78, 5) is 38.5. The highest BCUT2D eigenvalue weighted by Gasteiger charge is 2.21. The minimum atomic E-state index is -1.16. The van der Waals surface area contributed by atoms with Crippen LogP contribution in [0.1, 0.15) is 11.1 Å². The van der Waals surface area contributed by atoms with Crippen LogP contribution in [0.4, 0.5) is 5.69 Å². The van der Waals surface area contributed by atoms with Crippen LogP contribution >= 0.6 is 11.6 Å². The molecule has 1 atom stereocenters. The SMILES string of the molecule is O=C(/C=C\c1cn(-c2cccc(Cl)c2)nc1-c1ccc([N+](=O)[O-])cc1)N[C@@H](Cc1c[nH]c2ccccc12)C(=O)O. The smallest absolute Gasteiger partial charge is 0.326 e. The summed E-state index contributed by atoms with van der Waals surface area (Å²) >= 11 is 6.14. The zero-order valence-electron chi connectivity index (χ0n) is 20.8. The lowest BCUT2D eigenvalue weighted by Gasteiger charge is -2.12. The number of aliphatic carboxylic acids is 1. The number of amides is 1. The number of hydrogen-bond acceptors (Lipinski definition) is 5. The van der Waals surface area contributed by atoms with Crippen LogP contribution in [-0.2, 0) is 16.0 Å². The van der Waals surface area contributed by atoms with Crippen molar-refractivity contribution in [1.29, 1.82) is 0 Å². The fourth-order valence-corrected chi connectivity index (χ4v) is 4.52. The Kier molecular flexibility index (Phi) is 7.43. The average molecular weight is 556 g/mol. The van der Waals surface area contributed by atoms with Crippen LogP contribution < -0.4 is 5.32 Å². The number of para-hydroxylation sites is 1. The van der Waals surface area contributed by atoms with Crippen molar-refractivity contribution in [2.24, 2.45) is 0 Å². The minimum absolute atomic E-state index is 0.0654. The number of carboxylic acid groups (broad SMARTS) is 1. The Morgan fingerprint density at radius 2 is 1.90 bits per heavy atom. The number of carboxylic acids is 1. The highest BCUT2D eigenvalue weighted by molar-refractivity contribution is 6.30. The van der Waals surface area contributed by atoms with Gasteiger partial charge in [-0.1, -0.05) is 35.9 Å². The van der Waals surface area contributed by atoms with Crippen molar-refractivity contribution in [3.8, 4) is 16.9 Å². The molecule has 200 valence electrons. The average Bonchev–Trinajstić information content (AvgIpc) is 3.56. The van der Waals surface area contributed by atoms with Crippen molar-refractivity contribution in [1.82, 2.24) is 20.1 Å². The van der Waals surface area contributed by atoms with Gasteiger partial charge < -0.3 is 15.4 Å². The molecule has 0 spiro atoms. The van der Waals surface area contributed by atoms with Crippen molar-refractivity contribution >= 4 is 46.1 Å². The van der Waals surface area contributed by atoms with E-state index in [2.05, 4.69) is 15.4 Å². The monoisotopic (exact) mass is 555 g/mol. The summed E-state index contributed by atoms with van der Waals surface area (Å²) in [6.45, 7) is 0. The third kappa shape index (κ3) is 5.77. The molecule has 2 heterocycles. The molecule has 5 rings (SSSR count). The van der Waals surface area contributed by atoms with Crippen LogP contribution in [0.2, 0.25) is 5.02 Å². The maximum absolute atomic E-state index is 12.8. The van der Waals surface area contributed by atoms with Crippen LogP contribution in [0.15, 0.2) is 91.3 Å². The van der Waals surface area contributed by atoms with Gasteiger partial charge in [-0.2, -0.15) is 5.10 Å². The van der Waals surface area contributed by atoms with E-state index in [0.717, 1.165) is 16.5 Å².